The Balaban J connectivity index is 2.61. The van der Waals surface area contributed by atoms with Crippen LogP contribution >= 0.6 is 11.3 Å². The number of nitrogens with one attached hydrogen (secondary N) is 1. The van der Waals surface area contributed by atoms with Gasteiger partial charge in [0.1, 0.15) is 0 Å². The molecule has 1 heterocycles. The molecule has 1 aromatic heterocycles. The molecule has 0 aliphatic carbocycles. The molecule has 4 heteroatoms. The molecule has 1 rings (SSSR count). The van der Waals surface area contributed by atoms with E-state index in [2.05, 4.69) is 17.2 Å². The van der Waals surface area contributed by atoms with Crippen LogP contribution in [0.3, 0.4) is 0 Å². The summed E-state index contributed by atoms with van der Waals surface area (Å²) in [6.45, 7) is 2.89. The molecule has 1 unspecified atom stereocenters. The topological polar surface area (TPSA) is 34.2 Å². The van der Waals surface area contributed by atoms with E-state index in [1.165, 1.54) is 4.88 Å². The van der Waals surface area contributed by atoms with Gasteiger partial charge < -0.3 is 10.1 Å². The quantitative estimate of drug-likeness (QED) is 0.780. The number of nitrogens with zero attached hydrogens (tertiary/aromatic N) is 1. The van der Waals surface area contributed by atoms with E-state index in [1.54, 1.807) is 18.4 Å². The van der Waals surface area contributed by atoms with Gasteiger partial charge >= 0.3 is 0 Å². The van der Waals surface area contributed by atoms with Crippen LogP contribution in [0.1, 0.15) is 17.7 Å². The Morgan fingerprint density at radius 1 is 1.75 bits per heavy atom. The molecule has 0 fully saturated rings. The van der Waals surface area contributed by atoms with Crippen LogP contribution < -0.4 is 5.32 Å². The number of hydrogen-bond donors (Lipinski definition) is 1. The zero-order valence-corrected chi connectivity index (χ0v) is 8.44. The van der Waals surface area contributed by atoms with Crippen LogP contribution in [0.2, 0.25) is 0 Å². The van der Waals surface area contributed by atoms with Crippen molar-refractivity contribution in [3.63, 3.8) is 0 Å². The fourth-order valence-corrected chi connectivity index (χ4v) is 1.77. The minimum absolute atomic E-state index is 0.439. The third-order valence-electron chi connectivity index (χ3n) is 1.64. The normalized spacial score (nSPS) is 12.9. The molecule has 0 amide bonds. The van der Waals surface area contributed by atoms with Gasteiger partial charge in [0.15, 0.2) is 5.13 Å². The Bertz CT molecular complexity index is 237. The molecule has 12 heavy (non-hydrogen) atoms. The smallest absolute Gasteiger partial charge is 0.182 e. The molecule has 1 atom stereocenters. The molecule has 0 aliphatic rings. The summed E-state index contributed by atoms with van der Waals surface area (Å²) >= 11 is 1.68. The fraction of sp³-hybridized carbons (Fsp3) is 0.625. The van der Waals surface area contributed by atoms with Crippen molar-refractivity contribution in [2.24, 2.45) is 0 Å². The highest BCUT2D eigenvalue weighted by atomic mass is 32.1. The number of anilines is 1. The molecule has 3 nitrogen and oxygen atoms in total. The third-order valence-corrected chi connectivity index (χ3v) is 2.89. The molecule has 68 valence electrons. The summed E-state index contributed by atoms with van der Waals surface area (Å²) in [5.74, 6) is 0.439. The molecule has 1 aromatic rings. The van der Waals surface area contributed by atoms with Crippen molar-refractivity contribution in [1.82, 2.24) is 4.98 Å². The molecule has 0 aromatic carbocycles. The minimum atomic E-state index is 0.439. The van der Waals surface area contributed by atoms with Crippen molar-refractivity contribution < 1.29 is 4.74 Å². The molecule has 0 radical (unpaired) electrons. The molecular formula is C8H14N2OS. The van der Waals surface area contributed by atoms with Crippen molar-refractivity contribution in [2.45, 2.75) is 12.8 Å². The van der Waals surface area contributed by atoms with Gasteiger partial charge in [-0.15, -0.1) is 11.3 Å². The summed E-state index contributed by atoms with van der Waals surface area (Å²) in [4.78, 5) is 5.45. The van der Waals surface area contributed by atoms with Gasteiger partial charge in [0.25, 0.3) is 0 Å². The second-order valence-corrected chi connectivity index (χ2v) is 3.74. The van der Waals surface area contributed by atoms with Gasteiger partial charge in [-0.25, -0.2) is 4.98 Å². The molecule has 0 bridgehead atoms. The van der Waals surface area contributed by atoms with E-state index in [9.17, 15) is 0 Å². The summed E-state index contributed by atoms with van der Waals surface area (Å²) in [6, 6.07) is 0. The van der Waals surface area contributed by atoms with E-state index >= 15 is 0 Å². The first-order valence-electron chi connectivity index (χ1n) is 3.90. The van der Waals surface area contributed by atoms with Gasteiger partial charge in [-0.3, -0.25) is 0 Å². The fourth-order valence-electron chi connectivity index (χ4n) is 0.962. The first kappa shape index (κ1) is 9.48. The maximum Gasteiger partial charge on any atom is 0.182 e. The van der Waals surface area contributed by atoms with E-state index in [1.807, 2.05) is 13.2 Å². The van der Waals surface area contributed by atoms with Gasteiger partial charge in [0, 0.05) is 31.1 Å². The summed E-state index contributed by atoms with van der Waals surface area (Å²) in [5.41, 5.74) is 0. The zero-order chi connectivity index (χ0) is 8.97. The number of rotatable bonds is 4. The number of ether oxygens (including phenoxy) is 1. The highest BCUT2D eigenvalue weighted by molar-refractivity contribution is 7.15. The van der Waals surface area contributed by atoms with E-state index in [0.717, 1.165) is 11.7 Å². The van der Waals surface area contributed by atoms with Gasteiger partial charge in [0.2, 0.25) is 0 Å². The third kappa shape index (κ3) is 2.19. The first-order valence-corrected chi connectivity index (χ1v) is 4.72. The molecule has 0 saturated heterocycles. The van der Waals surface area contributed by atoms with E-state index in [-0.39, 0.29) is 0 Å². The lowest BCUT2D eigenvalue weighted by atomic mass is 10.2. The Morgan fingerprint density at radius 3 is 3.00 bits per heavy atom. The predicted octanol–water partition coefficient (Wildman–Crippen LogP) is 1.93. The highest BCUT2D eigenvalue weighted by Gasteiger charge is 2.08. The van der Waals surface area contributed by atoms with Crippen LogP contribution in [0.25, 0.3) is 0 Å². The van der Waals surface area contributed by atoms with E-state index < -0.39 is 0 Å². The lowest BCUT2D eigenvalue weighted by Crippen LogP contribution is -1.98. The number of hydrogen-bond acceptors (Lipinski definition) is 4. The summed E-state index contributed by atoms with van der Waals surface area (Å²) in [7, 11) is 3.60. The average molecular weight is 186 g/mol. The van der Waals surface area contributed by atoms with Crippen molar-refractivity contribution in [3.8, 4) is 0 Å². The lowest BCUT2D eigenvalue weighted by molar-refractivity contribution is 0.185. The highest BCUT2D eigenvalue weighted by Crippen LogP contribution is 2.25. The van der Waals surface area contributed by atoms with Crippen molar-refractivity contribution in [2.75, 3.05) is 26.1 Å². The zero-order valence-electron chi connectivity index (χ0n) is 7.63. The van der Waals surface area contributed by atoms with Crippen molar-refractivity contribution >= 4 is 16.5 Å². The summed E-state index contributed by atoms with van der Waals surface area (Å²) in [6.07, 6.45) is 1.90. The number of methoxy groups -OCH3 is 1. The minimum Gasteiger partial charge on any atom is -0.384 e. The second kappa shape index (κ2) is 4.42. The van der Waals surface area contributed by atoms with Gasteiger partial charge in [0.05, 0.1) is 6.61 Å². The van der Waals surface area contributed by atoms with Crippen LogP contribution in [0.5, 0.6) is 0 Å². The maximum absolute atomic E-state index is 5.06. The Labute approximate surface area is 76.8 Å². The standard InChI is InChI=1S/C8H14N2OS/c1-6(5-11-3)7-4-10-8(9-2)12-7/h4,6H,5H2,1-3H3,(H,9,10). The van der Waals surface area contributed by atoms with Crippen molar-refractivity contribution in [3.05, 3.63) is 11.1 Å². The van der Waals surface area contributed by atoms with Crippen LogP contribution in [-0.2, 0) is 4.74 Å². The van der Waals surface area contributed by atoms with E-state index in [0.29, 0.717) is 5.92 Å². The Kier molecular flexibility index (Phi) is 3.49. The van der Waals surface area contributed by atoms with Gasteiger partial charge in [-0.05, 0) is 0 Å². The molecule has 0 aliphatic heterocycles. The van der Waals surface area contributed by atoms with Gasteiger partial charge in [-0.2, -0.15) is 0 Å². The van der Waals surface area contributed by atoms with Crippen LogP contribution in [0.15, 0.2) is 6.20 Å². The van der Waals surface area contributed by atoms with Crippen molar-refractivity contribution in [1.29, 1.82) is 0 Å². The number of aromatic nitrogens is 1. The lowest BCUT2D eigenvalue weighted by Gasteiger charge is -2.05. The Hall–Kier alpha value is -0.610. The van der Waals surface area contributed by atoms with Crippen LogP contribution in [0.4, 0.5) is 5.13 Å². The Morgan fingerprint density at radius 2 is 2.50 bits per heavy atom. The SMILES string of the molecule is CNc1ncc(C(C)COC)s1. The molecule has 0 spiro atoms. The maximum atomic E-state index is 5.06. The van der Waals surface area contributed by atoms with Crippen LogP contribution in [0, 0.1) is 0 Å². The second-order valence-electron chi connectivity index (χ2n) is 2.67. The molecular weight excluding hydrogens is 172 g/mol. The largest absolute Gasteiger partial charge is 0.384 e. The van der Waals surface area contributed by atoms with Crippen LogP contribution in [-0.4, -0.2) is 25.7 Å². The molecule has 1 N–H and O–H groups in total. The van der Waals surface area contributed by atoms with E-state index in [4.69, 9.17) is 4.74 Å². The monoisotopic (exact) mass is 186 g/mol. The number of thiazole rings is 1. The summed E-state index contributed by atoms with van der Waals surface area (Å²) < 4.78 is 5.06. The summed E-state index contributed by atoms with van der Waals surface area (Å²) in [5, 5.41) is 3.98. The van der Waals surface area contributed by atoms with Gasteiger partial charge in [-0.1, -0.05) is 6.92 Å². The first-order chi connectivity index (χ1) is 5.77. The predicted molar refractivity (Wildman–Crippen MR) is 52.0 cm³/mol. The average Bonchev–Trinajstić information content (AvgIpc) is 2.52. The molecule has 0 saturated carbocycles.